The van der Waals surface area contributed by atoms with Gasteiger partial charge in [-0.15, -0.1) is 0 Å². The van der Waals surface area contributed by atoms with Crippen LogP contribution < -0.4 is 0 Å². The fourth-order valence-corrected chi connectivity index (χ4v) is 3.67. The zero-order chi connectivity index (χ0) is 16.1. The highest BCUT2D eigenvalue weighted by atomic mass is 32.2. The third-order valence-electron chi connectivity index (χ3n) is 2.97. The van der Waals surface area contributed by atoms with Crippen LogP contribution in [0.4, 0.5) is 0 Å². The molecule has 0 amide bonds. The van der Waals surface area contributed by atoms with Gasteiger partial charge in [-0.25, -0.2) is 9.78 Å². The van der Waals surface area contributed by atoms with Crippen molar-refractivity contribution < 1.29 is 9.90 Å². The molecule has 1 N–H and O–H groups in total. The minimum absolute atomic E-state index is 0.0831. The molecule has 0 unspecified atom stereocenters. The summed E-state index contributed by atoms with van der Waals surface area (Å²) in [4.78, 5) is 18.5. The monoisotopic (exact) mass is 339 g/mol. The van der Waals surface area contributed by atoms with E-state index < -0.39 is 5.97 Å². The summed E-state index contributed by atoms with van der Waals surface area (Å²) in [6.45, 7) is 0. The maximum absolute atomic E-state index is 11.5. The molecular formula is C18H13NO2S2. The van der Waals surface area contributed by atoms with Gasteiger partial charge < -0.3 is 5.11 Å². The normalized spacial score (nSPS) is 10.4. The molecule has 0 radical (unpaired) electrons. The van der Waals surface area contributed by atoms with E-state index in [1.54, 1.807) is 0 Å². The Kier molecular flexibility index (Phi) is 5.00. The fraction of sp³-hybridized carbons (Fsp3) is 0. The number of carboxylic acid groups (broad SMARTS) is 1. The van der Waals surface area contributed by atoms with Gasteiger partial charge in [0.2, 0.25) is 0 Å². The SMILES string of the molecule is O=C(O)c1nc(Sc2ccccc2)ccc1Sc1ccccc1. The van der Waals surface area contributed by atoms with E-state index in [0.717, 1.165) is 9.79 Å². The molecule has 3 nitrogen and oxygen atoms in total. The summed E-state index contributed by atoms with van der Waals surface area (Å²) in [6.07, 6.45) is 0. The highest BCUT2D eigenvalue weighted by Crippen LogP contribution is 2.33. The van der Waals surface area contributed by atoms with Crippen molar-refractivity contribution in [3.63, 3.8) is 0 Å². The first-order chi connectivity index (χ1) is 11.2. The molecule has 1 aromatic heterocycles. The molecule has 3 aromatic rings. The maximum atomic E-state index is 11.5. The number of pyridine rings is 1. The number of nitrogens with zero attached hydrogens (tertiary/aromatic N) is 1. The van der Waals surface area contributed by atoms with Gasteiger partial charge in [-0.1, -0.05) is 59.9 Å². The molecule has 0 bridgehead atoms. The van der Waals surface area contributed by atoms with E-state index in [-0.39, 0.29) is 5.69 Å². The molecule has 23 heavy (non-hydrogen) atoms. The van der Waals surface area contributed by atoms with Gasteiger partial charge in [-0.05, 0) is 36.4 Å². The zero-order valence-electron chi connectivity index (χ0n) is 12.0. The number of carbonyl (C=O) groups is 1. The summed E-state index contributed by atoms with van der Waals surface area (Å²) in [7, 11) is 0. The van der Waals surface area contributed by atoms with Crippen LogP contribution >= 0.6 is 23.5 Å². The lowest BCUT2D eigenvalue weighted by Crippen LogP contribution is -2.03. The second-order valence-corrected chi connectivity index (χ2v) is 6.84. The van der Waals surface area contributed by atoms with Gasteiger partial charge in [-0.3, -0.25) is 0 Å². The predicted molar refractivity (Wildman–Crippen MR) is 92.3 cm³/mol. The smallest absolute Gasteiger partial charge is 0.355 e. The van der Waals surface area contributed by atoms with Crippen LogP contribution in [-0.4, -0.2) is 16.1 Å². The number of aromatic carboxylic acids is 1. The second-order valence-electron chi connectivity index (χ2n) is 4.63. The summed E-state index contributed by atoms with van der Waals surface area (Å²) in [6, 6.07) is 23.1. The second kappa shape index (κ2) is 7.35. The first-order valence-electron chi connectivity index (χ1n) is 6.92. The lowest BCUT2D eigenvalue weighted by molar-refractivity contribution is 0.0685. The molecule has 0 aliphatic rings. The Labute approximate surface area is 142 Å². The highest BCUT2D eigenvalue weighted by molar-refractivity contribution is 7.99. The standard InChI is InChI=1S/C18H13NO2S2/c20-18(21)17-15(22-13-7-3-1-4-8-13)11-12-16(19-17)23-14-9-5-2-6-10-14/h1-12H,(H,20,21). The number of rotatable bonds is 5. The van der Waals surface area contributed by atoms with Crippen molar-refractivity contribution >= 4 is 29.5 Å². The van der Waals surface area contributed by atoms with E-state index in [1.807, 2.05) is 72.8 Å². The van der Waals surface area contributed by atoms with Crippen molar-refractivity contribution in [3.8, 4) is 0 Å². The molecule has 0 fully saturated rings. The topological polar surface area (TPSA) is 50.2 Å². The van der Waals surface area contributed by atoms with Gasteiger partial charge in [0.15, 0.2) is 5.69 Å². The summed E-state index contributed by atoms with van der Waals surface area (Å²) in [5, 5.41) is 10.1. The molecule has 0 saturated heterocycles. The van der Waals surface area contributed by atoms with Crippen LogP contribution in [0.2, 0.25) is 0 Å². The van der Waals surface area contributed by atoms with Crippen LogP contribution in [0, 0.1) is 0 Å². The van der Waals surface area contributed by atoms with Gasteiger partial charge in [0, 0.05) is 14.7 Å². The number of benzene rings is 2. The van der Waals surface area contributed by atoms with Crippen molar-refractivity contribution in [2.24, 2.45) is 0 Å². The van der Waals surface area contributed by atoms with Gasteiger partial charge in [0.05, 0.1) is 0 Å². The number of hydrogen-bond donors (Lipinski definition) is 1. The third kappa shape index (κ3) is 4.15. The Bertz CT molecular complexity index is 808. The fourth-order valence-electron chi connectivity index (χ4n) is 1.95. The van der Waals surface area contributed by atoms with Crippen molar-refractivity contribution in [1.29, 1.82) is 0 Å². The average Bonchev–Trinajstić information content (AvgIpc) is 2.58. The Morgan fingerprint density at radius 3 is 1.91 bits per heavy atom. The number of hydrogen-bond acceptors (Lipinski definition) is 4. The van der Waals surface area contributed by atoms with Crippen LogP contribution in [0.1, 0.15) is 10.5 Å². The average molecular weight is 339 g/mol. The molecule has 0 aliphatic heterocycles. The maximum Gasteiger partial charge on any atom is 0.355 e. The lowest BCUT2D eigenvalue weighted by Gasteiger charge is -2.07. The molecule has 0 atom stereocenters. The van der Waals surface area contributed by atoms with Gasteiger partial charge in [0.1, 0.15) is 5.03 Å². The van der Waals surface area contributed by atoms with E-state index in [2.05, 4.69) is 4.98 Å². The quantitative estimate of drug-likeness (QED) is 0.702. The Morgan fingerprint density at radius 2 is 1.35 bits per heavy atom. The minimum atomic E-state index is -1.01. The summed E-state index contributed by atoms with van der Waals surface area (Å²) >= 11 is 2.86. The van der Waals surface area contributed by atoms with Gasteiger partial charge >= 0.3 is 5.97 Å². The summed E-state index contributed by atoms with van der Waals surface area (Å²) in [5.74, 6) is -1.01. The molecule has 2 aromatic carbocycles. The van der Waals surface area contributed by atoms with E-state index in [0.29, 0.717) is 9.92 Å². The molecular weight excluding hydrogens is 326 g/mol. The third-order valence-corrected chi connectivity index (χ3v) is 4.97. The zero-order valence-corrected chi connectivity index (χ0v) is 13.7. The molecule has 5 heteroatoms. The van der Waals surface area contributed by atoms with Crippen molar-refractivity contribution in [2.45, 2.75) is 19.7 Å². The first-order valence-corrected chi connectivity index (χ1v) is 8.56. The van der Waals surface area contributed by atoms with Crippen molar-refractivity contribution in [3.05, 3.63) is 78.5 Å². The minimum Gasteiger partial charge on any atom is -0.476 e. The molecule has 1 heterocycles. The van der Waals surface area contributed by atoms with E-state index in [4.69, 9.17) is 0 Å². The highest BCUT2D eigenvalue weighted by Gasteiger charge is 2.14. The van der Waals surface area contributed by atoms with Gasteiger partial charge in [-0.2, -0.15) is 0 Å². The molecule has 3 rings (SSSR count). The van der Waals surface area contributed by atoms with Crippen LogP contribution in [0.15, 0.2) is 92.5 Å². The summed E-state index contributed by atoms with van der Waals surface area (Å²) in [5.41, 5.74) is 0.0831. The Hall–Kier alpha value is -2.24. The van der Waals surface area contributed by atoms with Gasteiger partial charge in [0.25, 0.3) is 0 Å². The van der Waals surface area contributed by atoms with Crippen LogP contribution in [0.5, 0.6) is 0 Å². The van der Waals surface area contributed by atoms with Crippen LogP contribution in [-0.2, 0) is 0 Å². The summed E-state index contributed by atoms with van der Waals surface area (Å²) < 4.78 is 0. The van der Waals surface area contributed by atoms with E-state index in [1.165, 1.54) is 23.5 Å². The van der Waals surface area contributed by atoms with E-state index >= 15 is 0 Å². The molecule has 0 aliphatic carbocycles. The lowest BCUT2D eigenvalue weighted by atomic mass is 10.3. The largest absolute Gasteiger partial charge is 0.476 e. The first kappa shape index (κ1) is 15.6. The number of carboxylic acids is 1. The van der Waals surface area contributed by atoms with Crippen molar-refractivity contribution in [2.75, 3.05) is 0 Å². The molecule has 114 valence electrons. The Morgan fingerprint density at radius 1 is 0.783 bits per heavy atom. The van der Waals surface area contributed by atoms with E-state index in [9.17, 15) is 9.90 Å². The predicted octanol–water partition coefficient (Wildman–Crippen LogP) is 5.08. The van der Waals surface area contributed by atoms with Crippen LogP contribution in [0.3, 0.4) is 0 Å². The number of aromatic nitrogens is 1. The van der Waals surface area contributed by atoms with Crippen molar-refractivity contribution in [1.82, 2.24) is 4.98 Å². The van der Waals surface area contributed by atoms with Crippen LogP contribution in [0.25, 0.3) is 0 Å². The Balaban J connectivity index is 1.88. The molecule has 0 spiro atoms. The molecule has 0 saturated carbocycles.